The Labute approximate surface area is 127 Å². The molecule has 3 rings (SSSR count). The molecule has 0 aliphatic heterocycles. The van der Waals surface area contributed by atoms with Crippen molar-refractivity contribution >= 4 is 5.91 Å². The molecule has 8 heteroatoms. The molecule has 0 spiro atoms. The number of H-pyrrole nitrogens is 1. The Bertz CT molecular complexity index is 629. The second-order valence-corrected chi connectivity index (χ2v) is 5.43. The van der Waals surface area contributed by atoms with Gasteiger partial charge < -0.3 is 10.4 Å². The first kappa shape index (κ1) is 14.6. The molecule has 1 aliphatic rings. The van der Waals surface area contributed by atoms with Crippen LogP contribution in [-0.2, 0) is 11.3 Å². The van der Waals surface area contributed by atoms with Crippen molar-refractivity contribution in [1.29, 1.82) is 0 Å². The van der Waals surface area contributed by atoms with Crippen molar-refractivity contribution < 1.29 is 9.90 Å². The van der Waals surface area contributed by atoms with Gasteiger partial charge in [-0.2, -0.15) is 5.10 Å². The quantitative estimate of drug-likeness (QED) is 0.754. The topological polar surface area (TPSA) is 117 Å². The van der Waals surface area contributed by atoms with Crippen LogP contribution in [0, 0.1) is 5.92 Å². The normalized spacial score (nSPS) is 21.5. The van der Waals surface area contributed by atoms with Crippen LogP contribution in [0.4, 0.5) is 0 Å². The van der Waals surface area contributed by atoms with Gasteiger partial charge in [-0.05, 0) is 19.3 Å². The van der Waals surface area contributed by atoms with Crippen molar-refractivity contribution in [3.63, 3.8) is 0 Å². The number of nitrogens with zero attached hydrogens (tertiary/aromatic N) is 4. The van der Waals surface area contributed by atoms with Crippen LogP contribution in [0.15, 0.2) is 18.6 Å². The highest BCUT2D eigenvalue weighted by Crippen LogP contribution is 2.24. The predicted octanol–water partition coefficient (Wildman–Crippen LogP) is 0.429. The number of hydrogen-bond donors (Lipinski definition) is 3. The molecule has 1 fully saturated rings. The average Bonchev–Trinajstić information content (AvgIpc) is 3.02. The smallest absolute Gasteiger partial charge is 0.223 e. The van der Waals surface area contributed by atoms with E-state index in [-0.39, 0.29) is 24.5 Å². The zero-order valence-electron chi connectivity index (χ0n) is 12.1. The first-order chi connectivity index (χ1) is 10.7. The van der Waals surface area contributed by atoms with Gasteiger partial charge in [-0.15, -0.1) is 0 Å². The SMILES string of the molecule is O=C(NCc1nc(-c2cnccn2)n[nH]1)[C@H]1CCC[C@H](O)C1. The standard InChI is InChI=1S/C14H18N6O2/c21-10-3-1-2-9(6-10)14(22)17-8-12-18-13(20-19-12)11-7-15-4-5-16-11/h4-5,7,9-10,21H,1-3,6,8H2,(H,17,22)(H,18,19,20)/t9-,10-/m0/s1. The summed E-state index contributed by atoms with van der Waals surface area (Å²) in [6.07, 6.45) is 7.40. The van der Waals surface area contributed by atoms with Crippen LogP contribution < -0.4 is 5.32 Å². The largest absolute Gasteiger partial charge is 0.393 e. The highest BCUT2D eigenvalue weighted by molar-refractivity contribution is 5.78. The van der Waals surface area contributed by atoms with Gasteiger partial charge in [0.15, 0.2) is 0 Å². The van der Waals surface area contributed by atoms with E-state index in [4.69, 9.17) is 0 Å². The summed E-state index contributed by atoms with van der Waals surface area (Å²) in [5, 5.41) is 19.3. The first-order valence-electron chi connectivity index (χ1n) is 7.36. The van der Waals surface area contributed by atoms with Gasteiger partial charge in [-0.3, -0.25) is 14.9 Å². The molecule has 8 nitrogen and oxygen atoms in total. The number of nitrogens with one attached hydrogen (secondary N) is 2. The number of aromatic amines is 1. The summed E-state index contributed by atoms with van der Waals surface area (Å²) in [6, 6.07) is 0. The van der Waals surface area contributed by atoms with Crippen molar-refractivity contribution in [3.05, 3.63) is 24.4 Å². The molecule has 2 aromatic heterocycles. The monoisotopic (exact) mass is 302 g/mol. The predicted molar refractivity (Wildman–Crippen MR) is 77.2 cm³/mol. The second-order valence-electron chi connectivity index (χ2n) is 5.43. The van der Waals surface area contributed by atoms with Gasteiger partial charge in [0, 0.05) is 18.3 Å². The van der Waals surface area contributed by atoms with Gasteiger partial charge in [-0.25, -0.2) is 9.97 Å². The Morgan fingerprint density at radius 1 is 1.41 bits per heavy atom. The zero-order chi connectivity index (χ0) is 15.4. The highest BCUT2D eigenvalue weighted by atomic mass is 16.3. The minimum atomic E-state index is -0.363. The lowest BCUT2D eigenvalue weighted by Crippen LogP contribution is -2.35. The van der Waals surface area contributed by atoms with E-state index in [9.17, 15) is 9.90 Å². The van der Waals surface area contributed by atoms with Gasteiger partial charge in [0.05, 0.1) is 18.8 Å². The number of hydrogen-bond acceptors (Lipinski definition) is 6. The van der Waals surface area contributed by atoms with E-state index in [0.29, 0.717) is 23.8 Å². The van der Waals surface area contributed by atoms with Crippen molar-refractivity contribution in [2.24, 2.45) is 5.92 Å². The summed E-state index contributed by atoms with van der Waals surface area (Å²) in [5.74, 6) is 0.845. The maximum Gasteiger partial charge on any atom is 0.223 e. The molecule has 0 bridgehead atoms. The lowest BCUT2D eigenvalue weighted by atomic mass is 9.87. The van der Waals surface area contributed by atoms with Crippen LogP contribution in [0.1, 0.15) is 31.5 Å². The van der Waals surface area contributed by atoms with E-state index < -0.39 is 0 Å². The number of amides is 1. The maximum absolute atomic E-state index is 12.1. The Morgan fingerprint density at radius 3 is 3.09 bits per heavy atom. The van der Waals surface area contributed by atoms with E-state index in [2.05, 4.69) is 30.5 Å². The molecule has 1 saturated carbocycles. The van der Waals surface area contributed by atoms with Gasteiger partial charge in [0.1, 0.15) is 11.5 Å². The van der Waals surface area contributed by atoms with Crippen LogP contribution in [0.3, 0.4) is 0 Å². The van der Waals surface area contributed by atoms with Crippen molar-refractivity contribution in [2.75, 3.05) is 0 Å². The lowest BCUT2D eigenvalue weighted by molar-refractivity contribution is -0.127. The molecular formula is C14H18N6O2. The van der Waals surface area contributed by atoms with Crippen molar-refractivity contribution in [1.82, 2.24) is 30.5 Å². The van der Waals surface area contributed by atoms with Gasteiger partial charge in [0.2, 0.25) is 11.7 Å². The molecule has 2 heterocycles. The molecule has 0 unspecified atom stereocenters. The minimum absolute atomic E-state index is 0.0452. The summed E-state index contributed by atoms with van der Waals surface area (Å²) >= 11 is 0. The molecule has 2 aromatic rings. The van der Waals surface area contributed by atoms with Gasteiger partial charge in [0.25, 0.3) is 0 Å². The molecule has 1 amide bonds. The number of aliphatic hydroxyl groups excluding tert-OH is 1. The summed E-state index contributed by atoms with van der Waals surface area (Å²) in [5.41, 5.74) is 0.576. The Balaban J connectivity index is 1.56. The fourth-order valence-corrected chi connectivity index (χ4v) is 2.62. The Morgan fingerprint density at radius 2 is 2.32 bits per heavy atom. The average molecular weight is 302 g/mol. The third-order valence-corrected chi connectivity index (χ3v) is 3.77. The zero-order valence-corrected chi connectivity index (χ0v) is 12.1. The van der Waals surface area contributed by atoms with Crippen LogP contribution in [0.25, 0.3) is 11.5 Å². The van der Waals surface area contributed by atoms with Crippen LogP contribution >= 0.6 is 0 Å². The van der Waals surface area contributed by atoms with Crippen LogP contribution in [-0.4, -0.2) is 42.3 Å². The van der Waals surface area contributed by atoms with E-state index in [1.54, 1.807) is 18.6 Å². The third kappa shape index (κ3) is 3.45. The summed E-state index contributed by atoms with van der Waals surface area (Å²) in [6.45, 7) is 0.276. The molecular weight excluding hydrogens is 284 g/mol. The lowest BCUT2D eigenvalue weighted by Gasteiger charge is -2.24. The minimum Gasteiger partial charge on any atom is -0.393 e. The fourth-order valence-electron chi connectivity index (χ4n) is 2.62. The first-order valence-corrected chi connectivity index (χ1v) is 7.36. The van der Waals surface area contributed by atoms with E-state index in [0.717, 1.165) is 19.3 Å². The number of carbonyl (C=O) groups excluding carboxylic acids is 1. The van der Waals surface area contributed by atoms with E-state index >= 15 is 0 Å². The molecule has 116 valence electrons. The fraction of sp³-hybridized carbons (Fsp3) is 0.500. The Kier molecular flexibility index (Phi) is 4.38. The second kappa shape index (κ2) is 6.61. The van der Waals surface area contributed by atoms with Crippen LogP contribution in [0.5, 0.6) is 0 Å². The molecule has 0 saturated heterocycles. The van der Waals surface area contributed by atoms with E-state index in [1.165, 1.54) is 0 Å². The Hall–Kier alpha value is -2.35. The third-order valence-electron chi connectivity index (χ3n) is 3.77. The molecule has 1 aliphatic carbocycles. The number of aromatic nitrogens is 5. The van der Waals surface area contributed by atoms with E-state index in [1.807, 2.05) is 0 Å². The molecule has 2 atom stereocenters. The molecule has 3 N–H and O–H groups in total. The molecule has 22 heavy (non-hydrogen) atoms. The number of carbonyl (C=O) groups is 1. The summed E-state index contributed by atoms with van der Waals surface area (Å²) in [4.78, 5) is 24.4. The van der Waals surface area contributed by atoms with Gasteiger partial charge in [-0.1, -0.05) is 6.42 Å². The van der Waals surface area contributed by atoms with Crippen molar-refractivity contribution in [3.8, 4) is 11.5 Å². The summed E-state index contributed by atoms with van der Waals surface area (Å²) in [7, 11) is 0. The number of rotatable bonds is 4. The molecule has 0 aromatic carbocycles. The molecule has 0 radical (unpaired) electrons. The summed E-state index contributed by atoms with van der Waals surface area (Å²) < 4.78 is 0. The van der Waals surface area contributed by atoms with Gasteiger partial charge >= 0.3 is 0 Å². The van der Waals surface area contributed by atoms with Crippen molar-refractivity contribution in [2.45, 2.75) is 38.3 Å². The number of aliphatic hydroxyl groups is 1. The highest BCUT2D eigenvalue weighted by Gasteiger charge is 2.25. The van der Waals surface area contributed by atoms with Crippen LogP contribution in [0.2, 0.25) is 0 Å². The maximum atomic E-state index is 12.1.